The maximum absolute atomic E-state index is 5.54. The van der Waals surface area contributed by atoms with Gasteiger partial charge in [0.2, 0.25) is 0 Å². The third kappa shape index (κ3) is 5.64. The largest absolute Gasteiger partial charge is 0.330 e. The van der Waals surface area contributed by atoms with Gasteiger partial charge in [-0.1, -0.05) is 31.6 Å². The Morgan fingerprint density at radius 3 is 2.54 bits per heavy atom. The lowest BCUT2D eigenvalue weighted by Gasteiger charge is -2.10. The maximum Gasteiger partial charge on any atom is -0.00399 e. The lowest BCUT2D eigenvalue weighted by Crippen LogP contribution is -2.02. The molecule has 1 unspecified atom stereocenters. The first-order valence-corrected chi connectivity index (χ1v) is 5.28. The first-order chi connectivity index (χ1) is 6.28. The summed E-state index contributed by atoms with van der Waals surface area (Å²) in [5.41, 5.74) is 7.03. The van der Waals surface area contributed by atoms with E-state index in [0.29, 0.717) is 5.92 Å². The van der Waals surface area contributed by atoms with E-state index >= 15 is 0 Å². The fraction of sp³-hybridized carbons (Fsp3) is 0.667. The molecule has 0 bridgehead atoms. The van der Waals surface area contributed by atoms with Crippen LogP contribution in [0.2, 0.25) is 0 Å². The summed E-state index contributed by atoms with van der Waals surface area (Å²) >= 11 is 0. The number of rotatable bonds is 7. The van der Waals surface area contributed by atoms with Crippen LogP contribution < -0.4 is 5.73 Å². The van der Waals surface area contributed by atoms with Gasteiger partial charge in [-0.05, 0) is 38.1 Å². The maximum atomic E-state index is 5.54. The van der Waals surface area contributed by atoms with Crippen molar-refractivity contribution in [3.8, 4) is 0 Å². The van der Waals surface area contributed by atoms with Crippen LogP contribution in [0, 0.1) is 5.92 Å². The average Bonchev–Trinajstić information content (AvgIpc) is 2.16. The predicted molar refractivity (Wildman–Crippen MR) is 60.6 cm³/mol. The number of hydrogen-bond donors (Lipinski definition) is 1. The SMILES string of the molecule is C=CCC(/C=C(\CC)CCN)CC. The van der Waals surface area contributed by atoms with E-state index in [2.05, 4.69) is 26.5 Å². The Morgan fingerprint density at radius 1 is 1.46 bits per heavy atom. The normalized spacial score (nSPS) is 14.2. The summed E-state index contributed by atoms with van der Waals surface area (Å²) in [4.78, 5) is 0. The smallest absolute Gasteiger partial charge is 0.00399 e. The third-order valence-electron chi connectivity index (χ3n) is 2.38. The van der Waals surface area contributed by atoms with Crippen LogP contribution >= 0.6 is 0 Å². The van der Waals surface area contributed by atoms with E-state index in [4.69, 9.17) is 5.73 Å². The van der Waals surface area contributed by atoms with Crippen LogP contribution in [0.4, 0.5) is 0 Å². The second-order valence-corrected chi connectivity index (χ2v) is 3.41. The van der Waals surface area contributed by atoms with E-state index in [1.54, 1.807) is 0 Å². The lowest BCUT2D eigenvalue weighted by atomic mass is 9.97. The quantitative estimate of drug-likeness (QED) is 0.599. The number of nitrogens with two attached hydrogens (primary N) is 1. The Balaban J connectivity index is 4.15. The molecule has 2 N–H and O–H groups in total. The van der Waals surface area contributed by atoms with E-state index < -0.39 is 0 Å². The highest BCUT2D eigenvalue weighted by Crippen LogP contribution is 2.16. The molecule has 1 heteroatoms. The molecule has 0 aromatic heterocycles. The van der Waals surface area contributed by atoms with Crippen LogP contribution in [0.5, 0.6) is 0 Å². The standard InChI is InChI=1S/C12H23N/c1-4-7-11(5-2)10-12(6-3)8-9-13/h4,10-11H,1,5-9,13H2,2-3H3/b12-10+. The molecule has 0 fully saturated rings. The summed E-state index contributed by atoms with van der Waals surface area (Å²) in [6.07, 6.45) is 8.84. The number of hydrogen-bond acceptors (Lipinski definition) is 1. The molecule has 0 aliphatic rings. The summed E-state index contributed by atoms with van der Waals surface area (Å²) in [5.74, 6) is 0.666. The summed E-state index contributed by atoms with van der Waals surface area (Å²) in [6.45, 7) is 8.96. The molecule has 0 aromatic carbocycles. The molecule has 0 spiro atoms. The van der Waals surface area contributed by atoms with Gasteiger partial charge in [-0.3, -0.25) is 0 Å². The van der Waals surface area contributed by atoms with Crippen LogP contribution in [0.3, 0.4) is 0 Å². The van der Waals surface area contributed by atoms with Crippen molar-refractivity contribution in [1.29, 1.82) is 0 Å². The zero-order valence-corrected chi connectivity index (χ0v) is 9.05. The van der Waals surface area contributed by atoms with Crippen LogP contribution in [0.1, 0.15) is 39.5 Å². The molecule has 0 radical (unpaired) electrons. The molecule has 0 saturated heterocycles. The van der Waals surface area contributed by atoms with Gasteiger partial charge in [0.25, 0.3) is 0 Å². The van der Waals surface area contributed by atoms with Gasteiger partial charge < -0.3 is 5.73 Å². The molecule has 76 valence electrons. The first-order valence-electron chi connectivity index (χ1n) is 5.28. The van der Waals surface area contributed by atoms with Crippen LogP contribution in [-0.2, 0) is 0 Å². The molecular formula is C12H23N. The van der Waals surface area contributed by atoms with Gasteiger partial charge in [0, 0.05) is 0 Å². The van der Waals surface area contributed by atoms with Crippen molar-refractivity contribution >= 4 is 0 Å². The highest BCUT2D eigenvalue weighted by molar-refractivity contribution is 5.05. The van der Waals surface area contributed by atoms with Gasteiger partial charge in [-0.15, -0.1) is 6.58 Å². The van der Waals surface area contributed by atoms with Crippen molar-refractivity contribution in [2.24, 2.45) is 11.7 Å². The molecular weight excluding hydrogens is 158 g/mol. The van der Waals surface area contributed by atoms with Crippen LogP contribution in [0.25, 0.3) is 0 Å². The van der Waals surface area contributed by atoms with Crippen LogP contribution in [0.15, 0.2) is 24.3 Å². The highest BCUT2D eigenvalue weighted by Gasteiger charge is 2.01. The van der Waals surface area contributed by atoms with E-state index in [-0.39, 0.29) is 0 Å². The Hall–Kier alpha value is -0.560. The third-order valence-corrected chi connectivity index (χ3v) is 2.38. The van der Waals surface area contributed by atoms with Crippen molar-refractivity contribution in [2.45, 2.75) is 39.5 Å². The van der Waals surface area contributed by atoms with E-state index in [1.165, 1.54) is 12.0 Å². The fourth-order valence-electron chi connectivity index (χ4n) is 1.46. The minimum Gasteiger partial charge on any atom is -0.330 e. The van der Waals surface area contributed by atoms with E-state index in [1.807, 2.05) is 6.08 Å². The zero-order valence-electron chi connectivity index (χ0n) is 9.05. The Bertz CT molecular complexity index is 159. The topological polar surface area (TPSA) is 26.0 Å². The average molecular weight is 181 g/mol. The Kier molecular flexibility index (Phi) is 7.71. The van der Waals surface area contributed by atoms with E-state index in [9.17, 15) is 0 Å². The summed E-state index contributed by atoms with van der Waals surface area (Å²) in [7, 11) is 0. The van der Waals surface area contributed by atoms with Gasteiger partial charge in [0.15, 0.2) is 0 Å². The molecule has 0 saturated carbocycles. The molecule has 0 aliphatic heterocycles. The van der Waals surface area contributed by atoms with Gasteiger partial charge >= 0.3 is 0 Å². The van der Waals surface area contributed by atoms with Crippen molar-refractivity contribution in [1.82, 2.24) is 0 Å². The fourth-order valence-corrected chi connectivity index (χ4v) is 1.46. The Labute approximate surface area is 82.7 Å². The molecule has 0 aromatic rings. The first kappa shape index (κ1) is 12.4. The molecule has 0 heterocycles. The van der Waals surface area contributed by atoms with Gasteiger partial charge in [-0.2, -0.15) is 0 Å². The molecule has 0 amide bonds. The van der Waals surface area contributed by atoms with Crippen molar-refractivity contribution in [3.63, 3.8) is 0 Å². The second kappa shape index (κ2) is 8.06. The summed E-state index contributed by atoms with van der Waals surface area (Å²) in [6, 6.07) is 0. The van der Waals surface area contributed by atoms with Crippen LogP contribution in [-0.4, -0.2) is 6.54 Å². The monoisotopic (exact) mass is 181 g/mol. The zero-order chi connectivity index (χ0) is 10.1. The molecule has 13 heavy (non-hydrogen) atoms. The van der Waals surface area contributed by atoms with Gasteiger partial charge in [-0.25, -0.2) is 0 Å². The molecule has 0 aliphatic carbocycles. The summed E-state index contributed by atoms with van der Waals surface area (Å²) in [5, 5.41) is 0. The molecule has 0 rings (SSSR count). The summed E-state index contributed by atoms with van der Waals surface area (Å²) < 4.78 is 0. The number of allylic oxidation sites excluding steroid dienone is 2. The van der Waals surface area contributed by atoms with Crippen molar-refractivity contribution in [2.75, 3.05) is 6.54 Å². The van der Waals surface area contributed by atoms with E-state index in [0.717, 1.165) is 25.8 Å². The minimum atomic E-state index is 0.666. The van der Waals surface area contributed by atoms with Crippen molar-refractivity contribution < 1.29 is 0 Å². The molecule has 1 nitrogen and oxygen atoms in total. The lowest BCUT2D eigenvalue weighted by molar-refractivity contribution is 0.628. The van der Waals surface area contributed by atoms with Gasteiger partial charge in [0.05, 0.1) is 0 Å². The Morgan fingerprint density at radius 2 is 2.15 bits per heavy atom. The second-order valence-electron chi connectivity index (χ2n) is 3.41. The minimum absolute atomic E-state index is 0.666. The molecule has 1 atom stereocenters. The van der Waals surface area contributed by atoms with Gasteiger partial charge in [0.1, 0.15) is 0 Å². The van der Waals surface area contributed by atoms with Crippen molar-refractivity contribution in [3.05, 3.63) is 24.3 Å². The predicted octanol–water partition coefficient (Wildman–Crippen LogP) is 3.27. The highest BCUT2D eigenvalue weighted by atomic mass is 14.5.